The van der Waals surface area contributed by atoms with Crippen LogP contribution < -0.4 is 10.2 Å². The number of pyridine rings is 1. The van der Waals surface area contributed by atoms with E-state index < -0.39 is 0 Å². The quantitative estimate of drug-likeness (QED) is 0.519. The van der Waals surface area contributed by atoms with Crippen LogP contribution in [-0.2, 0) is 22.6 Å². The molecule has 0 unspecified atom stereocenters. The van der Waals surface area contributed by atoms with E-state index in [0.29, 0.717) is 18.3 Å². The van der Waals surface area contributed by atoms with Crippen LogP contribution in [0.25, 0.3) is 11.1 Å². The maximum absolute atomic E-state index is 13.1. The molecule has 0 spiro atoms. The number of hydrogen-bond acceptors (Lipinski definition) is 4. The molecule has 0 radical (unpaired) electrons. The van der Waals surface area contributed by atoms with Crippen molar-refractivity contribution in [2.24, 2.45) is 17.3 Å². The number of rotatable bonds is 8. The summed E-state index contributed by atoms with van der Waals surface area (Å²) in [5.74, 6) is 1.82. The fourth-order valence-electron chi connectivity index (χ4n) is 5.27. The van der Waals surface area contributed by atoms with Crippen molar-refractivity contribution in [3.8, 4) is 11.1 Å². The Morgan fingerprint density at radius 1 is 1.14 bits per heavy atom. The van der Waals surface area contributed by atoms with Gasteiger partial charge in [0.05, 0.1) is 18.0 Å². The van der Waals surface area contributed by atoms with E-state index in [4.69, 9.17) is 0 Å². The van der Waals surface area contributed by atoms with Gasteiger partial charge in [0, 0.05) is 42.8 Å². The van der Waals surface area contributed by atoms with Gasteiger partial charge in [0.1, 0.15) is 5.82 Å². The van der Waals surface area contributed by atoms with E-state index in [1.165, 1.54) is 12.8 Å². The molecule has 1 N–H and O–H groups in total. The van der Waals surface area contributed by atoms with Crippen LogP contribution in [0.1, 0.15) is 44.6 Å². The number of amides is 2. The van der Waals surface area contributed by atoms with E-state index in [-0.39, 0.29) is 23.7 Å². The van der Waals surface area contributed by atoms with Crippen LogP contribution in [0.15, 0.2) is 55.0 Å². The van der Waals surface area contributed by atoms with Crippen LogP contribution in [-0.4, -0.2) is 33.1 Å². The van der Waals surface area contributed by atoms with Crippen molar-refractivity contribution in [2.45, 2.75) is 52.0 Å². The minimum atomic E-state index is -0.244. The Kier molecular flexibility index (Phi) is 5.43. The second kappa shape index (κ2) is 8.63. The minimum Gasteiger partial charge on any atom is -0.312 e. The highest BCUT2D eigenvalue weighted by molar-refractivity contribution is 6.00. The number of hydrogen-bond donors (Lipinski definition) is 1. The number of nitrogens with one attached hydrogen (secondary N) is 1. The zero-order valence-electron chi connectivity index (χ0n) is 20.1. The van der Waals surface area contributed by atoms with Crippen LogP contribution in [0, 0.1) is 17.3 Å². The standard InChI is InChI=1S/C28H31N5O2/c1-28(23-7-8-23)10-12-33(27(28)35)24-9-11-29-25(15-24)31-26(34)14-20-3-2-4-21(13-20)22-16-30-32(18-22)17-19-5-6-19/h2-4,9,11,13,15-16,18-19,23H,5-8,10,12,14,17H2,1H3,(H,29,31,34)/t28-/m0/s1. The van der Waals surface area contributed by atoms with Crippen molar-refractivity contribution in [2.75, 3.05) is 16.8 Å². The summed E-state index contributed by atoms with van der Waals surface area (Å²) in [4.78, 5) is 32.1. The first-order chi connectivity index (χ1) is 17.0. The van der Waals surface area contributed by atoms with Crippen molar-refractivity contribution in [1.29, 1.82) is 0 Å². The molecular weight excluding hydrogens is 438 g/mol. The number of anilines is 2. The van der Waals surface area contributed by atoms with E-state index in [2.05, 4.69) is 28.5 Å². The van der Waals surface area contributed by atoms with Gasteiger partial charge >= 0.3 is 0 Å². The van der Waals surface area contributed by atoms with Gasteiger partial charge in [-0.05, 0) is 61.1 Å². The molecule has 1 aromatic carbocycles. The highest BCUT2D eigenvalue weighted by Gasteiger charge is 2.52. The summed E-state index contributed by atoms with van der Waals surface area (Å²) in [6.45, 7) is 3.80. The number of benzene rings is 1. The van der Waals surface area contributed by atoms with E-state index in [0.717, 1.165) is 54.1 Å². The van der Waals surface area contributed by atoms with Crippen molar-refractivity contribution in [3.05, 3.63) is 60.6 Å². The Labute approximate surface area is 205 Å². The lowest BCUT2D eigenvalue weighted by Crippen LogP contribution is -2.34. The average Bonchev–Trinajstić information content (AvgIpc) is 3.77. The Morgan fingerprint density at radius 2 is 2.00 bits per heavy atom. The molecule has 3 aliphatic rings. The summed E-state index contributed by atoms with van der Waals surface area (Å²) >= 11 is 0. The van der Waals surface area contributed by atoms with Crippen LogP contribution in [0.5, 0.6) is 0 Å². The normalized spacial score (nSPS) is 22.0. The lowest BCUT2D eigenvalue weighted by atomic mass is 9.83. The maximum Gasteiger partial charge on any atom is 0.233 e. The molecule has 3 aromatic rings. The number of carbonyl (C=O) groups is 2. The Morgan fingerprint density at radius 3 is 2.80 bits per heavy atom. The first-order valence-corrected chi connectivity index (χ1v) is 12.7. The van der Waals surface area contributed by atoms with E-state index in [1.54, 1.807) is 12.3 Å². The molecule has 1 aliphatic heterocycles. The van der Waals surface area contributed by atoms with Gasteiger partial charge in [-0.15, -0.1) is 0 Å². The Balaban J connectivity index is 1.11. The predicted molar refractivity (Wildman–Crippen MR) is 135 cm³/mol. The smallest absolute Gasteiger partial charge is 0.233 e. The number of nitrogens with zero attached hydrogens (tertiary/aromatic N) is 4. The molecular formula is C28H31N5O2. The first-order valence-electron chi connectivity index (χ1n) is 12.7. The predicted octanol–water partition coefficient (Wildman–Crippen LogP) is 4.69. The topological polar surface area (TPSA) is 80.1 Å². The third-order valence-electron chi connectivity index (χ3n) is 7.79. The van der Waals surface area contributed by atoms with Crippen molar-refractivity contribution < 1.29 is 9.59 Å². The van der Waals surface area contributed by atoms with Crippen molar-refractivity contribution >= 4 is 23.3 Å². The Bertz CT molecular complexity index is 1280. The van der Waals surface area contributed by atoms with Gasteiger partial charge in [-0.25, -0.2) is 4.98 Å². The lowest BCUT2D eigenvalue weighted by Gasteiger charge is -2.23. The molecule has 0 bridgehead atoms. The van der Waals surface area contributed by atoms with Crippen LogP contribution in [0.2, 0.25) is 0 Å². The summed E-state index contributed by atoms with van der Waals surface area (Å²) in [7, 11) is 0. The average molecular weight is 470 g/mol. The van der Waals surface area contributed by atoms with Gasteiger partial charge in [-0.3, -0.25) is 14.3 Å². The van der Waals surface area contributed by atoms with Gasteiger partial charge in [-0.1, -0.05) is 31.2 Å². The molecule has 2 aromatic heterocycles. The fraction of sp³-hybridized carbons (Fsp3) is 0.429. The Hall–Kier alpha value is -3.48. The summed E-state index contributed by atoms with van der Waals surface area (Å²) < 4.78 is 2.02. The van der Waals surface area contributed by atoms with Gasteiger partial charge < -0.3 is 10.2 Å². The molecule has 7 heteroatoms. The van der Waals surface area contributed by atoms with Gasteiger partial charge in [-0.2, -0.15) is 5.10 Å². The molecule has 2 amide bonds. The molecule has 1 atom stereocenters. The molecule has 3 heterocycles. The number of aromatic nitrogens is 3. The lowest BCUT2D eigenvalue weighted by molar-refractivity contribution is -0.125. The SMILES string of the molecule is C[C@@]1(C2CC2)CCN(c2ccnc(NC(=O)Cc3cccc(-c4cnn(CC5CC5)c4)c3)c2)C1=O. The molecule has 2 saturated carbocycles. The molecule has 2 aliphatic carbocycles. The molecule has 3 fully saturated rings. The summed E-state index contributed by atoms with van der Waals surface area (Å²) in [5.41, 5.74) is 3.61. The first kappa shape index (κ1) is 22.0. The monoisotopic (exact) mass is 469 g/mol. The second-order valence-corrected chi connectivity index (χ2v) is 10.6. The molecule has 1 saturated heterocycles. The van der Waals surface area contributed by atoms with Crippen LogP contribution in [0.4, 0.5) is 11.5 Å². The molecule has 35 heavy (non-hydrogen) atoms. The molecule has 7 nitrogen and oxygen atoms in total. The number of carbonyl (C=O) groups excluding carboxylic acids is 2. The fourth-order valence-corrected chi connectivity index (χ4v) is 5.27. The summed E-state index contributed by atoms with van der Waals surface area (Å²) in [5, 5.41) is 7.40. The second-order valence-electron chi connectivity index (χ2n) is 10.6. The van der Waals surface area contributed by atoms with E-state index in [1.807, 2.05) is 46.1 Å². The van der Waals surface area contributed by atoms with Crippen LogP contribution >= 0.6 is 0 Å². The third-order valence-corrected chi connectivity index (χ3v) is 7.79. The zero-order valence-corrected chi connectivity index (χ0v) is 20.1. The van der Waals surface area contributed by atoms with E-state index >= 15 is 0 Å². The summed E-state index contributed by atoms with van der Waals surface area (Å²) in [6, 6.07) is 11.7. The minimum absolute atomic E-state index is 0.133. The van der Waals surface area contributed by atoms with Crippen molar-refractivity contribution in [3.63, 3.8) is 0 Å². The highest BCUT2D eigenvalue weighted by Crippen LogP contribution is 2.51. The summed E-state index contributed by atoms with van der Waals surface area (Å²) in [6.07, 6.45) is 11.7. The molecule has 6 rings (SSSR count). The molecule has 180 valence electrons. The maximum atomic E-state index is 13.1. The largest absolute Gasteiger partial charge is 0.312 e. The highest BCUT2D eigenvalue weighted by atomic mass is 16.2. The third kappa shape index (κ3) is 4.59. The zero-order chi connectivity index (χ0) is 24.0. The van der Waals surface area contributed by atoms with Crippen molar-refractivity contribution in [1.82, 2.24) is 14.8 Å². The van der Waals surface area contributed by atoms with Gasteiger partial charge in [0.15, 0.2) is 0 Å². The van der Waals surface area contributed by atoms with E-state index in [9.17, 15) is 9.59 Å². The van der Waals surface area contributed by atoms with Gasteiger partial charge in [0.2, 0.25) is 11.8 Å². The van der Waals surface area contributed by atoms with Crippen LogP contribution in [0.3, 0.4) is 0 Å². The van der Waals surface area contributed by atoms with Gasteiger partial charge in [0.25, 0.3) is 0 Å².